The van der Waals surface area contributed by atoms with Crippen LogP contribution in [0.1, 0.15) is 37.3 Å². The van der Waals surface area contributed by atoms with E-state index < -0.39 is 47.6 Å². The minimum absolute atomic E-state index is 0.0256. The summed E-state index contributed by atoms with van der Waals surface area (Å²) in [7, 11) is -11.6. The van der Waals surface area contributed by atoms with Gasteiger partial charge in [-0.1, -0.05) is 35.3 Å². The van der Waals surface area contributed by atoms with Crippen LogP contribution in [0.25, 0.3) is 0 Å². The van der Waals surface area contributed by atoms with Gasteiger partial charge in [-0.05, 0) is 71.9 Å². The molecule has 6 saturated heterocycles. The van der Waals surface area contributed by atoms with Crippen LogP contribution in [0.15, 0.2) is 60.9 Å². The summed E-state index contributed by atoms with van der Waals surface area (Å²) in [5, 5.41) is 9.54. The van der Waals surface area contributed by atoms with Crippen molar-refractivity contribution in [3.8, 4) is 0 Å². The fourth-order valence-electron chi connectivity index (χ4n) is 11.7. The van der Waals surface area contributed by atoms with Gasteiger partial charge in [0.1, 0.15) is 0 Å². The summed E-state index contributed by atoms with van der Waals surface area (Å²) in [6.07, 6.45) is 6.90. The summed E-state index contributed by atoms with van der Waals surface area (Å²) < 4.78 is 85.0. The number of piperidine rings is 1. The van der Waals surface area contributed by atoms with Gasteiger partial charge in [0.05, 0.1) is 39.2 Å². The van der Waals surface area contributed by atoms with E-state index in [1.165, 1.54) is 28.8 Å². The molecule has 4 aromatic rings. The third kappa shape index (κ3) is 13.0. The molecule has 0 bridgehead atoms. The number of aromatic nitrogens is 4. The zero-order valence-electron chi connectivity index (χ0n) is 43.2. The van der Waals surface area contributed by atoms with Gasteiger partial charge in [-0.2, -0.15) is 9.36 Å². The molecule has 2 atom stereocenters. The number of hydrogen-bond acceptors (Lipinski definition) is 15. The molecule has 10 rings (SSSR count). The number of carbonyl (C=O) groups is 3. The van der Waals surface area contributed by atoms with Crippen molar-refractivity contribution < 1.29 is 39.6 Å². The topological polar surface area (TPSA) is 239 Å². The predicted octanol–water partition coefficient (Wildman–Crippen LogP) is 3.31. The van der Waals surface area contributed by atoms with Crippen molar-refractivity contribution in [2.45, 2.75) is 39.3 Å². The molecule has 77 heavy (non-hydrogen) atoms. The van der Waals surface area contributed by atoms with Gasteiger partial charge in [0.2, 0.25) is 36.0 Å². The molecule has 3 amide bonds. The number of halogens is 2. The van der Waals surface area contributed by atoms with Crippen molar-refractivity contribution in [1.82, 2.24) is 48.4 Å². The highest BCUT2D eigenvalue weighted by Crippen LogP contribution is 2.44. The summed E-state index contributed by atoms with van der Waals surface area (Å²) in [5.74, 6) is -1.13. The highest BCUT2D eigenvalue weighted by molar-refractivity contribution is 7.95. The summed E-state index contributed by atoms with van der Waals surface area (Å²) in [4.78, 5) is 52.8. The van der Waals surface area contributed by atoms with E-state index in [1.807, 2.05) is 29.2 Å². The lowest BCUT2D eigenvalue weighted by atomic mass is 9.78. The number of amides is 3. The number of piperazine rings is 2. The van der Waals surface area contributed by atoms with E-state index in [-0.39, 0.29) is 53.9 Å². The van der Waals surface area contributed by atoms with Gasteiger partial charge in [0, 0.05) is 149 Å². The van der Waals surface area contributed by atoms with Gasteiger partial charge in [0.15, 0.2) is 11.6 Å². The Hall–Kier alpha value is -5.22. The van der Waals surface area contributed by atoms with Crippen molar-refractivity contribution in [1.29, 1.82) is 0 Å². The molecule has 418 valence electrons. The lowest BCUT2D eigenvalue weighted by Gasteiger charge is -2.39. The number of benzene rings is 2. The molecule has 8 heterocycles. The number of anilines is 4. The fourth-order valence-corrected chi connectivity index (χ4v) is 16.0. The number of rotatable bonds is 14. The standard InChI is InChI=1S/C49H66Cl2N14O9S3/c1-36(66)58-14-9-49(10-15-58)11-16-61(35-49)43-27-37(3-5-41(43)50)29-56-17-23-60(24-18-56)48(68)65-13-8-46(53-65)55-76(71,72)25-26-77(73,74)63-33-39-31-62(32-40(39)34-63)44-28-38(4-6-42(44)51)30-57-19-21-59(22-20-57)47(67)64-12-7-45(52-64)54-75(2,69)70/h3-8,12-13,27-28,39-40H,9-11,14-26,29-35H2,1-2H3,(H,52,54)(H,53,55). The second-order valence-corrected chi connectivity index (χ2v) is 28.0. The first-order valence-electron chi connectivity index (χ1n) is 26.0. The number of nitrogens with one attached hydrogen (secondary N) is 2. The van der Waals surface area contributed by atoms with Gasteiger partial charge < -0.3 is 24.5 Å². The number of nitrogens with zero attached hydrogens (tertiary/aromatic N) is 12. The van der Waals surface area contributed by atoms with E-state index in [0.717, 1.165) is 88.6 Å². The van der Waals surface area contributed by atoms with Crippen LogP contribution in [-0.4, -0.2) is 214 Å². The first kappa shape index (κ1) is 55.1. The molecule has 0 aliphatic carbocycles. The van der Waals surface area contributed by atoms with E-state index in [2.05, 4.69) is 51.4 Å². The van der Waals surface area contributed by atoms with Crippen LogP contribution in [-0.2, 0) is 48.0 Å². The van der Waals surface area contributed by atoms with Gasteiger partial charge in [-0.25, -0.2) is 39.1 Å². The van der Waals surface area contributed by atoms with Crippen LogP contribution in [0.2, 0.25) is 10.0 Å². The number of carbonyl (C=O) groups excluding carboxylic acids is 3. The van der Waals surface area contributed by atoms with Crippen LogP contribution in [0, 0.1) is 17.3 Å². The van der Waals surface area contributed by atoms with E-state index in [1.54, 1.807) is 16.7 Å². The highest BCUT2D eigenvalue weighted by Gasteiger charge is 2.45. The van der Waals surface area contributed by atoms with Gasteiger partial charge in [0.25, 0.3) is 0 Å². The first-order chi connectivity index (χ1) is 36.6. The molecule has 2 aromatic heterocycles. The Balaban J connectivity index is 0.646. The molecule has 2 N–H and O–H groups in total. The van der Waals surface area contributed by atoms with Gasteiger partial charge in [-0.3, -0.25) is 24.0 Å². The number of likely N-dealkylation sites (tertiary alicyclic amines) is 1. The molecule has 2 aromatic carbocycles. The Labute approximate surface area is 460 Å². The molecule has 6 aliphatic rings. The predicted molar refractivity (Wildman–Crippen MR) is 294 cm³/mol. The van der Waals surface area contributed by atoms with Crippen molar-refractivity contribution in [3.05, 3.63) is 82.1 Å². The average Bonchev–Trinajstić information content (AvgIpc) is 4.31. The number of hydrogen-bond donors (Lipinski definition) is 2. The van der Waals surface area contributed by atoms with E-state index >= 15 is 0 Å². The second kappa shape index (κ2) is 22.1. The van der Waals surface area contributed by atoms with Crippen LogP contribution in [0.3, 0.4) is 0 Å². The van der Waals surface area contributed by atoms with Crippen molar-refractivity contribution in [2.75, 3.05) is 142 Å². The number of sulfonamides is 3. The van der Waals surface area contributed by atoms with Gasteiger partial charge in [-0.15, -0.1) is 10.2 Å². The maximum absolute atomic E-state index is 13.6. The van der Waals surface area contributed by atoms with Crippen LogP contribution >= 0.6 is 23.2 Å². The largest absolute Gasteiger partial charge is 0.370 e. The van der Waals surface area contributed by atoms with Crippen molar-refractivity contribution >= 4 is 94.3 Å². The zero-order valence-corrected chi connectivity index (χ0v) is 47.2. The molecule has 28 heteroatoms. The summed E-state index contributed by atoms with van der Waals surface area (Å²) in [5.41, 5.74) is 4.25. The van der Waals surface area contributed by atoms with Crippen LogP contribution in [0.5, 0.6) is 0 Å². The fraction of sp³-hybridized carbons (Fsp3) is 0.571. The molecule has 0 saturated carbocycles. The summed E-state index contributed by atoms with van der Waals surface area (Å²) in [6.45, 7) is 12.4. The molecular weight excluding hydrogens is 1100 g/mol. The SMILES string of the molecule is CC(=O)N1CCC2(CC1)CCN(c1cc(CN3CCN(C(=O)n4ccc(NS(=O)(=O)CCS(=O)(=O)N5CC6CN(c7cc(CN8CCN(C(=O)n9ccc(NS(C)(=O)=O)n9)CC8)ccc7Cl)CC6C5)n4)CC3)ccc1Cl)C2. The molecular formula is C49H66Cl2N14O9S3. The van der Waals surface area contributed by atoms with Crippen molar-refractivity contribution in [3.63, 3.8) is 0 Å². The molecule has 0 radical (unpaired) electrons. The van der Waals surface area contributed by atoms with Crippen molar-refractivity contribution in [2.24, 2.45) is 17.3 Å². The molecule has 23 nitrogen and oxygen atoms in total. The third-order valence-electron chi connectivity index (χ3n) is 16.1. The Morgan fingerprint density at radius 3 is 1.57 bits per heavy atom. The molecule has 2 unspecified atom stereocenters. The monoisotopic (exact) mass is 1160 g/mol. The van der Waals surface area contributed by atoms with Crippen LogP contribution < -0.4 is 19.2 Å². The quantitative estimate of drug-likeness (QED) is 0.184. The molecule has 1 spiro atoms. The third-order valence-corrected chi connectivity index (χ3v) is 20.6. The minimum atomic E-state index is -4.15. The average molecular weight is 1160 g/mol. The van der Waals surface area contributed by atoms with Crippen LogP contribution in [0.4, 0.5) is 32.6 Å². The molecule has 6 fully saturated rings. The summed E-state index contributed by atoms with van der Waals surface area (Å²) in [6, 6.07) is 14.1. The minimum Gasteiger partial charge on any atom is -0.370 e. The maximum Gasteiger partial charge on any atom is 0.344 e. The van der Waals surface area contributed by atoms with Gasteiger partial charge >= 0.3 is 12.1 Å². The summed E-state index contributed by atoms with van der Waals surface area (Å²) >= 11 is 13.5. The first-order valence-corrected chi connectivity index (χ1v) is 31.9. The van der Waals surface area contributed by atoms with E-state index in [0.29, 0.717) is 83.6 Å². The zero-order chi connectivity index (χ0) is 54.4. The van der Waals surface area contributed by atoms with E-state index in [9.17, 15) is 39.6 Å². The molecule has 6 aliphatic heterocycles. The Morgan fingerprint density at radius 1 is 0.597 bits per heavy atom. The maximum atomic E-state index is 13.6. The number of fused-ring (bicyclic) bond motifs is 1. The normalized spacial score (nSPS) is 21.8. The highest BCUT2D eigenvalue weighted by atomic mass is 35.5. The Kier molecular flexibility index (Phi) is 15.8. The second-order valence-electron chi connectivity index (χ2n) is 21.5. The lowest BCUT2D eigenvalue weighted by molar-refractivity contribution is -0.130. The Morgan fingerprint density at radius 2 is 1.08 bits per heavy atom. The van der Waals surface area contributed by atoms with E-state index in [4.69, 9.17) is 23.2 Å². The smallest absolute Gasteiger partial charge is 0.344 e. The lowest BCUT2D eigenvalue weighted by Crippen LogP contribution is -2.49. The Bertz CT molecular complexity index is 3200.